The molecule has 1 atom stereocenters. The second kappa shape index (κ2) is 8.89. The molecule has 2 aliphatic heterocycles. The van der Waals surface area contributed by atoms with Crippen LogP contribution in [0.4, 0.5) is 10.1 Å². The van der Waals surface area contributed by atoms with Crippen molar-refractivity contribution >= 4 is 33.0 Å². The average Bonchev–Trinajstić information content (AvgIpc) is 3.39. The van der Waals surface area contributed by atoms with Gasteiger partial charge in [-0.1, -0.05) is 30.3 Å². The number of carbonyl (C=O) groups excluding carboxylic acids is 1. The third-order valence-electron chi connectivity index (χ3n) is 6.33. The van der Waals surface area contributed by atoms with Gasteiger partial charge in [-0.2, -0.15) is 4.31 Å². The summed E-state index contributed by atoms with van der Waals surface area (Å²) in [7, 11) is -3.79. The van der Waals surface area contributed by atoms with Crippen LogP contribution in [0.25, 0.3) is 0 Å². The van der Waals surface area contributed by atoms with Crippen LogP contribution in [0, 0.1) is 5.82 Å². The van der Waals surface area contributed by atoms with Crippen LogP contribution < -0.4 is 4.90 Å². The van der Waals surface area contributed by atoms with Crippen molar-refractivity contribution in [3.63, 3.8) is 0 Å². The zero-order chi connectivity index (χ0) is 23.0. The Balaban J connectivity index is 1.38. The Morgan fingerprint density at radius 3 is 2.27 bits per heavy atom. The first-order chi connectivity index (χ1) is 15.9. The lowest BCUT2D eigenvalue weighted by atomic mass is 9.95. The van der Waals surface area contributed by atoms with Crippen LogP contribution in [0.5, 0.6) is 0 Å². The molecule has 0 saturated carbocycles. The van der Waals surface area contributed by atoms with Gasteiger partial charge in [0.15, 0.2) is 0 Å². The van der Waals surface area contributed by atoms with Crippen molar-refractivity contribution in [2.75, 3.05) is 31.1 Å². The maximum Gasteiger partial charge on any atom is 0.253 e. The van der Waals surface area contributed by atoms with E-state index in [0.29, 0.717) is 32.6 Å². The van der Waals surface area contributed by atoms with Gasteiger partial charge in [0.05, 0.1) is 0 Å². The molecule has 9 heteroatoms. The van der Waals surface area contributed by atoms with E-state index in [0.717, 1.165) is 16.8 Å². The molecule has 1 amide bonds. The molecule has 1 saturated heterocycles. The number of carbonyl (C=O) groups is 1. The highest BCUT2D eigenvalue weighted by molar-refractivity contribution is 7.91. The molecule has 0 bridgehead atoms. The molecule has 1 fully saturated rings. The summed E-state index contributed by atoms with van der Waals surface area (Å²) < 4.78 is 41.8. The van der Waals surface area contributed by atoms with Gasteiger partial charge in [0, 0.05) is 38.4 Å². The van der Waals surface area contributed by atoms with Gasteiger partial charge >= 0.3 is 0 Å². The van der Waals surface area contributed by atoms with Crippen LogP contribution in [-0.4, -0.2) is 55.8 Å². The van der Waals surface area contributed by atoms with Crippen molar-refractivity contribution in [1.29, 1.82) is 0 Å². The molecular weight excluding hydrogens is 461 g/mol. The molecule has 1 aromatic heterocycles. The van der Waals surface area contributed by atoms with Gasteiger partial charge in [0.2, 0.25) is 5.91 Å². The highest BCUT2D eigenvalue weighted by atomic mass is 32.2. The highest BCUT2D eigenvalue weighted by Crippen LogP contribution is 2.32. The van der Waals surface area contributed by atoms with Crippen LogP contribution in [0.15, 0.2) is 70.3 Å². The van der Waals surface area contributed by atoms with E-state index in [4.69, 9.17) is 0 Å². The standard InChI is InChI=1S/C24H24FN3O3S2/c25-20-7-9-21(10-8-20)26-11-13-27(14-12-26)24(29)22-16-18-4-1-2-5-19(18)17-28(22)33(30,31)23-6-3-15-32-23/h1-10,15,22H,11-14,16-17H2/t22-/m1/s1. The minimum atomic E-state index is -3.79. The van der Waals surface area contributed by atoms with Crippen molar-refractivity contribution in [3.8, 4) is 0 Å². The number of nitrogens with zero attached hydrogens (tertiary/aromatic N) is 3. The number of thiophene rings is 1. The Labute approximate surface area is 196 Å². The van der Waals surface area contributed by atoms with Crippen molar-refractivity contribution in [3.05, 3.63) is 83.0 Å². The predicted octanol–water partition coefficient (Wildman–Crippen LogP) is 3.35. The molecule has 0 aliphatic carbocycles. The maximum atomic E-state index is 13.6. The summed E-state index contributed by atoms with van der Waals surface area (Å²) in [5, 5.41) is 1.73. The highest BCUT2D eigenvalue weighted by Gasteiger charge is 2.42. The Hall–Kier alpha value is -2.75. The molecule has 3 aromatic rings. The van der Waals surface area contributed by atoms with E-state index in [2.05, 4.69) is 4.90 Å². The van der Waals surface area contributed by atoms with Crippen LogP contribution in [0.2, 0.25) is 0 Å². The topological polar surface area (TPSA) is 60.9 Å². The third-order valence-corrected chi connectivity index (χ3v) is 9.56. The van der Waals surface area contributed by atoms with E-state index >= 15 is 0 Å². The zero-order valence-corrected chi connectivity index (χ0v) is 19.6. The molecule has 2 aliphatic rings. The number of halogens is 1. The minimum absolute atomic E-state index is 0.164. The zero-order valence-electron chi connectivity index (χ0n) is 17.9. The van der Waals surface area contributed by atoms with Gasteiger partial charge in [0.1, 0.15) is 16.1 Å². The first kappa shape index (κ1) is 22.1. The number of fused-ring (bicyclic) bond motifs is 1. The number of benzene rings is 2. The summed E-state index contributed by atoms with van der Waals surface area (Å²) in [4.78, 5) is 17.5. The van der Waals surface area contributed by atoms with E-state index in [1.54, 1.807) is 34.5 Å². The number of hydrogen-bond donors (Lipinski definition) is 0. The number of amides is 1. The Morgan fingerprint density at radius 2 is 1.61 bits per heavy atom. The number of rotatable bonds is 4. The molecule has 0 unspecified atom stereocenters. The van der Waals surface area contributed by atoms with Crippen molar-refractivity contribution in [2.24, 2.45) is 0 Å². The molecule has 33 heavy (non-hydrogen) atoms. The van der Waals surface area contributed by atoms with Gasteiger partial charge in [-0.3, -0.25) is 4.79 Å². The second-order valence-electron chi connectivity index (χ2n) is 8.26. The molecule has 6 nitrogen and oxygen atoms in total. The SMILES string of the molecule is O=C([C@H]1Cc2ccccc2CN1S(=O)(=O)c1cccs1)N1CCN(c2ccc(F)cc2)CC1. The molecule has 5 rings (SSSR count). The predicted molar refractivity (Wildman–Crippen MR) is 126 cm³/mol. The number of hydrogen-bond acceptors (Lipinski definition) is 5. The fraction of sp³-hybridized carbons (Fsp3) is 0.292. The smallest absolute Gasteiger partial charge is 0.253 e. The quantitative estimate of drug-likeness (QED) is 0.569. The summed E-state index contributed by atoms with van der Waals surface area (Å²) in [5.74, 6) is -0.444. The fourth-order valence-electron chi connectivity index (χ4n) is 4.54. The van der Waals surface area contributed by atoms with E-state index in [1.807, 2.05) is 24.3 Å². The Kier molecular flexibility index (Phi) is 5.94. The average molecular weight is 486 g/mol. The fourth-order valence-corrected chi connectivity index (χ4v) is 7.21. The van der Waals surface area contributed by atoms with Crippen molar-refractivity contribution in [2.45, 2.75) is 23.2 Å². The van der Waals surface area contributed by atoms with Gasteiger partial charge in [-0.05, 0) is 53.3 Å². The lowest BCUT2D eigenvalue weighted by Gasteiger charge is -2.41. The van der Waals surface area contributed by atoms with Gasteiger partial charge in [-0.25, -0.2) is 12.8 Å². The molecule has 0 N–H and O–H groups in total. The molecule has 3 heterocycles. The summed E-state index contributed by atoms with van der Waals surface area (Å²) in [6.07, 6.45) is 0.359. The lowest BCUT2D eigenvalue weighted by molar-refractivity contribution is -0.136. The first-order valence-corrected chi connectivity index (χ1v) is 13.2. The van der Waals surface area contributed by atoms with Crippen LogP contribution in [-0.2, 0) is 27.8 Å². The second-order valence-corrected chi connectivity index (χ2v) is 11.3. The molecule has 0 spiro atoms. The van der Waals surface area contributed by atoms with Crippen LogP contribution in [0.3, 0.4) is 0 Å². The van der Waals surface area contributed by atoms with Crippen molar-refractivity contribution < 1.29 is 17.6 Å². The largest absolute Gasteiger partial charge is 0.368 e. The monoisotopic (exact) mass is 485 g/mol. The number of sulfonamides is 1. The van der Waals surface area contributed by atoms with Gasteiger partial charge in [0.25, 0.3) is 10.0 Å². The Morgan fingerprint density at radius 1 is 0.909 bits per heavy atom. The minimum Gasteiger partial charge on any atom is -0.368 e. The third kappa shape index (κ3) is 4.28. The van der Waals surface area contributed by atoms with Gasteiger partial charge < -0.3 is 9.80 Å². The van der Waals surface area contributed by atoms with E-state index in [-0.39, 0.29) is 22.5 Å². The summed E-state index contributed by atoms with van der Waals surface area (Å²) >= 11 is 1.17. The molecule has 172 valence electrons. The van der Waals surface area contributed by atoms with Gasteiger partial charge in [-0.15, -0.1) is 11.3 Å². The molecule has 2 aromatic carbocycles. The lowest BCUT2D eigenvalue weighted by Crippen LogP contribution is -2.57. The molecule has 0 radical (unpaired) electrons. The van der Waals surface area contributed by atoms with E-state index in [9.17, 15) is 17.6 Å². The summed E-state index contributed by atoms with van der Waals surface area (Å²) in [6, 6.07) is 16.6. The first-order valence-electron chi connectivity index (χ1n) is 10.8. The normalized spacial score (nSPS) is 19.4. The van der Waals surface area contributed by atoms with E-state index in [1.165, 1.54) is 27.8 Å². The Bertz CT molecular complexity index is 1240. The van der Waals surface area contributed by atoms with Crippen LogP contribution in [0.1, 0.15) is 11.1 Å². The number of piperazine rings is 1. The summed E-state index contributed by atoms with van der Waals surface area (Å²) in [6.45, 7) is 2.38. The van der Waals surface area contributed by atoms with Crippen LogP contribution >= 0.6 is 11.3 Å². The summed E-state index contributed by atoms with van der Waals surface area (Å²) in [5.41, 5.74) is 2.86. The molecular formula is C24H24FN3O3S2. The maximum absolute atomic E-state index is 13.6. The number of anilines is 1. The van der Waals surface area contributed by atoms with Crippen molar-refractivity contribution in [1.82, 2.24) is 9.21 Å². The van der Waals surface area contributed by atoms with E-state index < -0.39 is 16.1 Å².